The van der Waals surface area contributed by atoms with Crippen molar-refractivity contribution in [3.63, 3.8) is 0 Å². The Kier molecular flexibility index (Phi) is 3.98. The Balaban J connectivity index is 2.51. The molecule has 0 aliphatic rings. The second kappa shape index (κ2) is 5.79. The molecule has 0 bridgehead atoms. The van der Waals surface area contributed by atoms with Gasteiger partial charge in [-0.15, -0.1) is 0 Å². The van der Waals surface area contributed by atoms with Crippen molar-refractivity contribution in [2.24, 2.45) is 0 Å². The van der Waals surface area contributed by atoms with Gasteiger partial charge in [-0.3, -0.25) is 0 Å². The molecule has 3 rings (SSSR count). The number of hydrogen-bond donors (Lipinski definition) is 0. The summed E-state index contributed by atoms with van der Waals surface area (Å²) in [6, 6.07) is 11.3. The van der Waals surface area contributed by atoms with Crippen molar-refractivity contribution in [3.8, 4) is 0 Å². The molecule has 112 valence electrons. The molecule has 0 N–H and O–H groups in total. The first-order valence-electron chi connectivity index (χ1n) is 7.01. The van der Waals surface area contributed by atoms with Gasteiger partial charge in [-0.2, -0.15) is 0 Å². The van der Waals surface area contributed by atoms with Crippen LogP contribution in [0.2, 0.25) is 10.0 Å². The Morgan fingerprint density at radius 1 is 0.955 bits per heavy atom. The van der Waals surface area contributed by atoms with Gasteiger partial charge in [0, 0.05) is 10.0 Å². The van der Waals surface area contributed by atoms with E-state index in [-0.39, 0.29) is 5.97 Å². The molecule has 22 heavy (non-hydrogen) atoms. The van der Waals surface area contributed by atoms with E-state index >= 15 is 0 Å². The van der Waals surface area contributed by atoms with Crippen molar-refractivity contribution < 1.29 is 9.53 Å². The number of hydrogen-bond acceptors (Lipinski definition) is 2. The van der Waals surface area contributed by atoms with Crippen LogP contribution in [0.4, 0.5) is 0 Å². The summed E-state index contributed by atoms with van der Waals surface area (Å²) in [6.07, 6.45) is 0. The van der Waals surface area contributed by atoms with E-state index in [0.717, 1.165) is 27.1 Å². The van der Waals surface area contributed by atoms with Gasteiger partial charge in [0.2, 0.25) is 0 Å². The standard InChI is InChI=1S/C18H14Cl2O2/c1-3-22-18(21)17-10(2)15-8-11(19)4-6-13(15)14-7-5-12(20)9-16(14)17/h4-9H,3H2,1-2H3. The lowest BCUT2D eigenvalue weighted by atomic mass is 9.92. The minimum Gasteiger partial charge on any atom is -0.462 e. The summed E-state index contributed by atoms with van der Waals surface area (Å²) in [4.78, 5) is 12.4. The number of ether oxygens (including phenoxy) is 1. The summed E-state index contributed by atoms with van der Waals surface area (Å²) in [5.41, 5.74) is 1.40. The fraction of sp³-hybridized carbons (Fsp3) is 0.167. The average Bonchev–Trinajstić information content (AvgIpc) is 2.48. The van der Waals surface area contributed by atoms with Crippen molar-refractivity contribution >= 4 is 50.7 Å². The molecule has 0 saturated heterocycles. The third kappa shape index (κ3) is 2.43. The number of aryl methyl sites for hydroxylation is 1. The van der Waals surface area contributed by atoms with E-state index in [4.69, 9.17) is 27.9 Å². The normalized spacial score (nSPS) is 11.1. The van der Waals surface area contributed by atoms with Crippen molar-refractivity contribution in [2.45, 2.75) is 13.8 Å². The maximum absolute atomic E-state index is 12.4. The zero-order valence-corrected chi connectivity index (χ0v) is 13.8. The lowest BCUT2D eigenvalue weighted by Gasteiger charge is -2.14. The van der Waals surface area contributed by atoms with Crippen molar-refractivity contribution in [2.75, 3.05) is 6.61 Å². The molecule has 0 unspecified atom stereocenters. The van der Waals surface area contributed by atoms with Crippen molar-refractivity contribution in [3.05, 3.63) is 57.6 Å². The van der Waals surface area contributed by atoms with E-state index in [2.05, 4.69) is 0 Å². The van der Waals surface area contributed by atoms with Crippen LogP contribution < -0.4 is 0 Å². The first kappa shape index (κ1) is 15.1. The van der Waals surface area contributed by atoms with Crippen molar-refractivity contribution in [1.82, 2.24) is 0 Å². The van der Waals surface area contributed by atoms with Crippen LogP contribution in [-0.2, 0) is 4.74 Å². The van der Waals surface area contributed by atoms with Gasteiger partial charge >= 0.3 is 5.97 Å². The smallest absolute Gasteiger partial charge is 0.339 e. The molecule has 0 aliphatic carbocycles. The van der Waals surface area contributed by atoms with E-state index in [0.29, 0.717) is 22.2 Å². The molecular formula is C18H14Cl2O2. The second-order valence-corrected chi connectivity index (χ2v) is 5.97. The molecule has 0 aliphatic heterocycles. The van der Waals surface area contributed by atoms with Crippen LogP contribution in [0, 0.1) is 6.92 Å². The maximum atomic E-state index is 12.4. The highest BCUT2D eigenvalue weighted by Gasteiger charge is 2.18. The average molecular weight is 333 g/mol. The highest BCUT2D eigenvalue weighted by Crippen LogP contribution is 2.35. The number of carbonyl (C=O) groups is 1. The van der Waals surface area contributed by atoms with Crippen LogP contribution in [-0.4, -0.2) is 12.6 Å². The Morgan fingerprint density at radius 2 is 1.50 bits per heavy atom. The summed E-state index contributed by atoms with van der Waals surface area (Å²) < 4.78 is 5.22. The number of carbonyl (C=O) groups excluding carboxylic acids is 1. The Bertz CT molecular complexity index is 901. The second-order valence-electron chi connectivity index (χ2n) is 5.10. The zero-order chi connectivity index (χ0) is 15.9. The third-order valence-electron chi connectivity index (χ3n) is 3.78. The van der Waals surface area contributed by atoms with Gasteiger partial charge in [0.05, 0.1) is 12.2 Å². The topological polar surface area (TPSA) is 26.3 Å². The minimum atomic E-state index is -0.339. The Labute approximate surface area is 138 Å². The summed E-state index contributed by atoms with van der Waals surface area (Å²) in [6.45, 7) is 4.03. The number of rotatable bonds is 2. The highest BCUT2D eigenvalue weighted by molar-refractivity contribution is 6.33. The van der Waals surface area contributed by atoms with Gasteiger partial charge in [-0.25, -0.2) is 4.79 Å². The van der Waals surface area contributed by atoms with Gasteiger partial charge in [0.1, 0.15) is 0 Å². The van der Waals surface area contributed by atoms with Gasteiger partial charge < -0.3 is 4.74 Å². The van der Waals surface area contributed by atoms with Crippen LogP contribution >= 0.6 is 23.2 Å². The van der Waals surface area contributed by atoms with Gasteiger partial charge in [-0.05, 0) is 65.2 Å². The summed E-state index contributed by atoms with van der Waals surface area (Å²) >= 11 is 12.3. The van der Waals surface area contributed by atoms with Gasteiger partial charge in [0.15, 0.2) is 0 Å². The first-order valence-corrected chi connectivity index (χ1v) is 7.76. The van der Waals surface area contributed by atoms with Crippen LogP contribution in [0.1, 0.15) is 22.8 Å². The first-order chi connectivity index (χ1) is 10.5. The fourth-order valence-corrected chi connectivity index (χ4v) is 3.17. The molecule has 3 aromatic carbocycles. The molecule has 0 spiro atoms. The molecule has 0 aromatic heterocycles. The number of fused-ring (bicyclic) bond motifs is 3. The fourth-order valence-electron chi connectivity index (χ4n) is 2.82. The quantitative estimate of drug-likeness (QED) is 0.439. The number of halogens is 2. The van der Waals surface area contributed by atoms with Gasteiger partial charge in [-0.1, -0.05) is 35.3 Å². The molecule has 0 amide bonds. The van der Waals surface area contributed by atoms with E-state index in [9.17, 15) is 4.79 Å². The predicted molar refractivity (Wildman–Crippen MR) is 92.2 cm³/mol. The molecule has 0 fully saturated rings. The molecule has 3 aromatic rings. The molecule has 0 saturated carbocycles. The molecule has 0 heterocycles. The van der Waals surface area contributed by atoms with Crippen LogP contribution in [0.3, 0.4) is 0 Å². The summed E-state index contributed by atoms with van der Waals surface area (Å²) in [5, 5.41) is 4.99. The monoisotopic (exact) mass is 332 g/mol. The highest BCUT2D eigenvalue weighted by atomic mass is 35.5. The maximum Gasteiger partial charge on any atom is 0.339 e. The largest absolute Gasteiger partial charge is 0.462 e. The molecular weight excluding hydrogens is 319 g/mol. The lowest BCUT2D eigenvalue weighted by Crippen LogP contribution is -2.08. The molecule has 4 heteroatoms. The van der Waals surface area contributed by atoms with E-state index in [1.165, 1.54) is 0 Å². The Morgan fingerprint density at radius 3 is 2.09 bits per heavy atom. The van der Waals surface area contributed by atoms with Crippen LogP contribution in [0.5, 0.6) is 0 Å². The van der Waals surface area contributed by atoms with E-state index in [1.54, 1.807) is 6.92 Å². The van der Waals surface area contributed by atoms with E-state index in [1.807, 2.05) is 43.3 Å². The zero-order valence-electron chi connectivity index (χ0n) is 12.2. The minimum absolute atomic E-state index is 0.327. The number of esters is 1. The van der Waals surface area contributed by atoms with Crippen LogP contribution in [0.15, 0.2) is 36.4 Å². The molecule has 2 nitrogen and oxygen atoms in total. The van der Waals surface area contributed by atoms with Crippen LogP contribution in [0.25, 0.3) is 21.5 Å². The summed E-state index contributed by atoms with van der Waals surface area (Å²) in [7, 11) is 0. The third-order valence-corrected chi connectivity index (χ3v) is 4.25. The predicted octanol–water partition coefficient (Wildman–Crippen LogP) is 5.78. The van der Waals surface area contributed by atoms with Gasteiger partial charge in [0.25, 0.3) is 0 Å². The van der Waals surface area contributed by atoms with E-state index < -0.39 is 0 Å². The molecule has 0 radical (unpaired) electrons. The molecule has 0 atom stereocenters. The lowest BCUT2D eigenvalue weighted by molar-refractivity contribution is 0.0528. The number of benzene rings is 3. The summed E-state index contributed by atoms with van der Waals surface area (Å²) in [5.74, 6) is -0.339. The Hall–Kier alpha value is -1.77. The van der Waals surface area contributed by atoms with Crippen molar-refractivity contribution in [1.29, 1.82) is 0 Å². The SMILES string of the molecule is CCOC(=O)c1c(C)c2cc(Cl)ccc2c2ccc(Cl)cc12.